The van der Waals surface area contributed by atoms with Crippen LogP contribution in [0.2, 0.25) is 5.02 Å². The molecule has 3 heterocycles. The van der Waals surface area contributed by atoms with Gasteiger partial charge in [0.15, 0.2) is 5.01 Å². The van der Waals surface area contributed by atoms with Gasteiger partial charge in [0.05, 0.1) is 17.8 Å². The first-order chi connectivity index (χ1) is 14.7. The minimum atomic E-state index is 0.289. The van der Waals surface area contributed by atoms with Gasteiger partial charge in [0.2, 0.25) is 10.8 Å². The highest BCUT2D eigenvalue weighted by atomic mass is 35.5. The summed E-state index contributed by atoms with van der Waals surface area (Å²) in [5.74, 6) is 1.99. The third kappa shape index (κ3) is 3.49. The van der Waals surface area contributed by atoms with Crippen LogP contribution in [0.1, 0.15) is 5.01 Å². The lowest BCUT2D eigenvalue weighted by molar-refractivity contribution is 0.304. The maximum absolute atomic E-state index is 6.14. The van der Waals surface area contributed by atoms with Gasteiger partial charge in [0.25, 0.3) is 0 Å². The van der Waals surface area contributed by atoms with E-state index in [1.165, 1.54) is 11.3 Å². The second-order valence-corrected chi connectivity index (χ2v) is 7.78. The number of H-pyrrole nitrogens is 1. The van der Waals surface area contributed by atoms with Crippen molar-refractivity contribution < 1.29 is 9.47 Å². The van der Waals surface area contributed by atoms with E-state index < -0.39 is 0 Å². The molecule has 0 saturated carbocycles. The van der Waals surface area contributed by atoms with E-state index in [9.17, 15) is 0 Å². The van der Waals surface area contributed by atoms with E-state index in [2.05, 4.69) is 25.5 Å². The molecule has 0 aliphatic carbocycles. The third-order valence-electron chi connectivity index (χ3n) is 4.43. The summed E-state index contributed by atoms with van der Waals surface area (Å²) >= 11 is 7.54. The van der Waals surface area contributed by atoms with Crippen LogP contribution in [0.25, 0.3) is 27.7 Å². The van der Waals surface area contributed by atoms with E-state index in [1.54, 1.807) is 17.7 Å². The summed E-state index contributed by atoms with van der Waals surface area (Å²) in [4.78, 5) is 0.670. The number of methoxy groups -OCH3 is 1. The number of benzene rings is 2. The summed E-state index contributed by atoms with van der Waals surface area (Å²) in [6.07, 6.45) is 0. The van der Waals surface area contributed by atoms with Crippen LogP contribution in [0.4, 0.5) is 0 Å². The van der Waals surface area contributed by atoms with Crippen molar-refractivity contribution in [2.75, 3.05) is 7.11 Å². The molecule has 0 spiro atoms. The molecule has 30 heavy (non-hydrogen) atoms. The Bertz CT molecular complexity index is 1310. The average molecular weight is 439 g/mol. The molecule has 0 aliphatic rings. The van der Waals surface area contributed by atoms with Crippen molar-refractivity contribution in [2.24, 2.45) is 0 Å². The van der Waals surface area contributed by atoms with Crippen LogP contribution in [0.3, 0.4) is 0 Å². The molecular formula is C20H15ClN6O2S. The van der Waals surface area contributed by atoms with Crippen LogP contribution in [0.5, 0.6) is 11.5 Å². The second-order valence-electron chi connectivity index (χ2n) is 6.33. The number of para-hydroxylation sites is 1. The number of hydrogen-bond acceptors (Lipinski definition) is 7. The van der Waals surface area contributed by atoms with E-state index in [0.717, 1.165) is 27.7 Å². The Kier molecular flexibility index (Phi) is 4.82. The highest BCUT2D eigenvalue weighted by molar-refractivity contribution is 7.16. The second kappa shape index (κ2) is 7.77. The SMILES string of the molecule is COc1ccc(-c2cc(-c3nnc4sc(COc5ccccc5Cl)nn34)[nH]n2)cc1. The van der Waals surface area contributed by atoms with Gasteiger partial charge in [0.1, 0.15) is 23.8 Å². The number of hydrogen-bond donors (Lipinski definition) is 1. The molecule has 0 bridgehead atoms. The van der Waals surface area contributed by atoms with Crippen molar-refractivity contribution in [3.63, 3.8) is 0 Å². The molecule has 5 rings (SSSR count). The summed E-state index contributed by atoms with van der Waals surface area (Å²) in [6, 6.07) is 16.9. The summed E-state index contributed by atoms with van der Waals surface area (Å²) in [5, 5.41) is 21.8. The van der Waals surface area contributed by atoms with Crippen LogP contribution in [-0.4, -0.2) is 37.1 Å². The zero-order chi connectivity index (χ0) is 20.5. The number of nitrogens with zero attached hydrogens (tertiary/aromatic N) is 5. The van der Waals surface area contributed by atoms with Gasteiger partial charge >= 0.3 is 0 Å². The van der Waals surface area contributed by atoms with E-state index in [4.69, 9.17) is 21.1 Å². The highest BCUT2D eigenvalue weighted by Gasteiger charge is 2.16. The predicted octanol–water partition coefficient (Wildman–Crippen LogP) is 4.48. The molecule has 0 radical (unpaired) electrons. The van der Waals surface area contributed by atoms with Crippen molar-refractivity contribution in [1.29, 1.82) is 0 Å². The molecule has 0 amide bonds. The van der Waals surface area contributed by atoms with Crippen LogP contribution in [0, 0.1) is 0 Å². The minimum Gasteiger partial charge on any atom is -0.497 e. The number of rotatable bonds is 6. The Morgan fingerprint density at radius 2 is 1.93 bits per heavy atom. The van der Waals surface area contributed by atoms with Gasteiger partial charge < -0.3 is 9.47 Å². The minimum absolute atomic E-state index is 0.289. The lowest BCUT2D eigenvalue weighted by Crippen LogP contribution is -1.98. The molecule has 0 aliphatic heterocycles. The van der Waals surface area contributed by atoms with Gasteiger partial charge in [-0.1, -0.05) is 35.1 Å². The molecule has 0 fully saturated rings. The standard InChI is InChI=1S/C20H15ClN6O2S/c1-28-13-8-6-12(7-9-13)15-10-16(23-22-15)19-24-25-20-27(19)26-18(30-20)11-29-17-5-3-2-4-14(17)21/h2-10H,11H2,1H3,(H,22,23). The monoisotopic (exact) mass is 438 g/mol. The van der Waals surface area contributed by atoms with Crippen molar-refractivity contribution in [1.82, 2.24) is 30.0 Å². The molecule has 0 saturated heterocycles. The molecule has 1 N–H and O–H groups in total. The smallest absolute Gasteiger partial charge is 0.235 e. The molecule has 3 aromatic heterocycles. The fourth-order valence-corrected chi connectivity index (χ4v) is 3.87. The van der Waals surface area contributed by atoms with Crippen molar-refractivity contribution in [2.45, 2.75) is 6.61 Å². The molecule has 0 unspecified atom stereocenters. The molecular weight excluding hydrogens is 424 g/mol. The van der Waals surface area contributed by atoms with Crippen molar-refractivity contribution in [3.05, 3.63) is 64.6 Å². The van der Waals surface area contributed by atoms with Gasteiger partial charge in [-0.2, -0.15) is 14.7 Å². The van der Waals surface area contributed by atoms with Crippen LogP contribution in [0.15, 0.2) is 54.6 Å². The Hall–Kier alpha value is -3.43. The van der Waals surface area contributed by atoms with Crippen LogP contribution in [-0.2, 0) is 6.61 Å². The number of aromatic amines is 1. The molecule has 10 heteroatoms. The van der Waals surface area contributed by atoms with Gasteiger partial charge in [-0.3, -0.25) is 5.10 Å². The summed E-state index contributed by atoms with van der Waals surface area (Å²) < 4.78 is 12.7. The molecule has 5 aromatic rings. The van der Waals surface area contributed by atoms with E-state index >= 15 is 0 Å². The molecule has 0 atom stereocenters. The first kappa shape index (κ1) is 18.6. The van der Waals surface area contributed by atoms with E-state index in [-0.39, 0.29) is 6.61 Å². The molecule has 8 nitrogen and oxygen atoms in total. The van der Waals surface area contributed by atoms with E-state index in [1.807, 2.05) is 48.5 Å². The lowest BCUT2D eigenvalue weighted by atomic mass is 10.1. The fourth-order valence-electron chi connectivity index (χ4n) is 2.93. The number of fused-ring (bicyclic) bond motifs is 1. The highest BCUT2D eigenvalue weighted by Crippen LogP contribution is 2.27. The Balaban J connectivity index is 1.39. The average Bonchev–Trinajstić information content (AvgIpc) is 3.49. The lowest BCUT2D eigenvalue weighted by Gasteiger charge is -2.04. The summed E-state index contributed by atoms with van der Waals surface area (Å²) in [6.45, 7) is 0.289. The molecule has 150 valence electrons. The summed E-state index contributed by atoms with van der Waals surface area (Å²) in [5.41, 5.74) is 2.48. The van der Waals surface area contributed by atoms with Crippen LogP contribution >= 0.6 is 22.9 Å². The quantitative estimate of drug-likeness (QED) is 0.420. The maximum Gasteiger partial charge on any atom is 0.235 e. The first-order valence-corrected chi connectivity index (χ1v) is 10.2. The Morgan fingerprint density at radius 3 is 2.73 bits per heavy atom. The summed E-state index contributed by atoms with van der Waals surface area (Å²) in [7, 11) is 1.64. The van der Waals surface area contributed by atoms with Crippen LogP contribution < -0.4 is 9.47 Å². The molecule has 2 aromatic carbocycles. The van der Waals surface area contributed by atoms with Gasteiger partial charge in [-0.05, 0) is 42.5 Å². The van der Waals surface area contributed by atoms with Crippen molar-refractivity contribution in [3.8, 4) is 34.3 Å². The fraction of sp³-hybridized carbons (Fsp3) is 0.100. The van der Waals surface area contributed by atoms with E-state index in [0.29, 0.717) is 21.6 Å². The first-order valence-electron chi connectivity index (χ1n) is 9.00. The van der Waals surface area contributed by atoms with Crippen molar-refractivity contribution >= 4 is 27.9 Å². The number of ether oxygens (including phenoxy) is 2. The predicted molar refractivity (Wildman–Crippen MR) is 114 cm³/mol. The Labute approximate surface area is 180 Å². The zero-order valence-electron chi connectivity index (χ0n) is 15.7. The number of aromatic nitrogens is 6. The number of nitrogens with one attached hydrogen (secondary N) is 1. The topological polar surface area (TPSA) is 90.2 Å². The zero-order valence-corrected chi connectivity index (χ0v) is 17.3. The van der Waals surface area contributed by atoms with Gasteiger partial charge in [0, 0.05) is 5.56 Å². The third-order valence-corrected chi connectivity index (χ3v) is 5.61. The normalized spacial score (nSPS) is 11.1. The van der Waals surface area contributed by atoms with Gasteiger partial charge in [-0.15, -0.1) is 10.2 Å². The van der Waals surface area contributed by atoms with Gasteiger partial charge in [-0.25, -0.2) is 0 Å². The maximum atomic E-state index is 6.14. The largest absolute Gasteiger partial charge is 0.497 e. The Morgan fingerprint density at radius 1 is 1.10 bits per heavy atom. The number of halogens is 1.